The van der Waals surface area contributed by atoms with Gasteiger partial charge >= 0.3 is 0 Å². The third-order valence-corrected chi connectivity index (χ3v) is 5.90. The number of hydrogen-bond acceptors (Lipinski definition) is 7. The average Bonchev–Trinajstić information content (AvgIpc) is 3.35. The Morgan fingerprint density at radius 1 is 1.00 bits per heavy atom. The molecule has 0 N–H and O–H groups in total. The second-order valence-corrected chi connectivity index (χ2v) is 8.10. The van der Waals surface area contributed by atoms with E-state index in [1.54, 1.807) is 23.9 Å². The van der Waals surface area contributed by atoms with Crippen LogP contribution in [0.3, 0.4) is 0 Å². The molecule has 3 heterocycles. The Balaban J connectivity index is 1.58. The molecule has 1 saturated heterocycles. The molecule has 1 aliphatic heterocycles. The molecule has 2 aromatic heterocycles. The maximum absolute atomic E-state index is 13.5. The highest BCUT2D eigenvalue weighted by atomic mass is 32.2. The van der Waals surface area contributed by atoms with Crippen LogP contribution in [-0.2, 0) is 18.8 Å². The molecule has 4 rings (SSSR count). The molecule has 154 valence electrons. The van der Waals surface area contributed by atoms with E-state index in [1.165, 1.54) is 31.4 Å². The normalized spacial score (nSPS) is 15.1. The Bertz CT molecular complexity index is 917. The van der Waals surface area contributed by atoms with Crippen molar-refractivity contribution in [2.75, 3.05) is 13.1 Å². The van der Waals surface area contributed by atoms with Crippen LogP contribution < -0.4 is 0 Å². The number of hydrogen-bond donors (Lipinski definition) is 0. The van der Waals surface area contributed by atoms with Gasteiger partial charge in [-0.3, -0.25) is 9.47 Å². The van der Waals surface area contributed by atoms with Crippen LogP contribution in [0.4, 0.5) is 4.39 Å². The zero-order valence-corrected chi connectivity index (χ0v) is 17.4. The highest BCUT2D eigenvalue weighted by Crippen LogP contribution is 2.26. The molecule has 0 unspecified atom stereocenters. The molecule has 29 heavy (non-hydrogen) atoms. The Morgan fingerprint density at radius 3 is 2.55 bits per heavy atom. The van der Waals surface area contributed by atoms with Crippen LogP contribution >= 0.6 is 11.8 Å². The van der Waals surface area contributed by atoms with Gasteiger partial charge in [0.25, 0.3) is 0 Å². The summed E-state index contributed by atoms with van der Waals surface area (Å²) in [7, 11) is 0. The van der Waals surface area contributed by atoms with Crippen molar-refractivity contribution in [3.05, 3.63) is 41.7 Å². The third-order valence-electron chi connectivity index (χ3n) is 4.97. The van der Waals surface area contributed by atoms with Gasteiger partial charge in [0.15, 0.2) is 16.8 Å². The smallest absolute Gasteiger partial charge is 0.196 e. The number of thioether (sulfide) groups is 1. The number of halogens is 1. The summed E-state index contributed by atoms with van der Waals surface area (Å²) in [4.78, 5) is 2.41. The van der Waals surface area contributed by atoms with Crippen LogP contribution in [0, 0.1) is 5.82 Å². The van der Waals surface area contributed by atoms with Crippen molar-refractivity contribution in [1.82, 2.24) is 39.9 Å². The predicted molar refractivity (Wildman–Crippen MR) is 108 cm³/mol. The van der Waals surface area contributed by atoms with Gasteiger partial charge in [0.2, 0.25) is 0 Å². The maximum Gasteiger partial charge on any atom is 0.196 e. The first-order chi connectivity index (χ1) is 14.2. The summed E-state index contributed by atoms with van der Waals surface area (Å²) in [5.74, 6) is 2.01. The van der Waals surface area contributed by atoms with Crippen LogP contribution in [0.15, 0.2) is 29.4 Å². The standard InChI is InChI=1S/C19H25FN8S/c1-2-10-27-18(22-24-25-27)14-29-19-23-21-17(13-26-11-4-3-5-12-26)28(19)16-8-6-15(20)7-9-16/h6-9H,2-5,10-14H2,1H3. The number of tetrazole rings is 1. The van der Waals surface area contributed by atoms with E-state index in [2.05, 4.69) is 37.5 Å². The number of piperidine rings is 1. The van der Waals surface area contributed by atoms with Crippen LogP contribution in [0.1, 0.15) is 44.3 Å². The molecule has 1 fully saturated rings. The van der Waals surface area contributed by atoms with Gasteiger partial charge in [-0.2, -0.15) is 0 Å². The first kappa shape index (κ1) is 20.0. The first-order valence-corrected chi connectivity index (χ1v) is 11.0. The molecule has 1 aromatic carbocycles. The molecule has 0 aliphatic carbocycles. The van der Waals surface area contributed by atoms with Crippen molar-refractivity contribution in [2.24, 2.45) is 0 Å². The highest BCUT2D eigenvalue weighted by Gasteiger charge is 2.19. The van der Waals surface area contributed by atoms with E-state index in [0.717, 1.165) is 55.1 Å². The maximum atomic E-state index is 13.5. The number of aromatic nitrogens is 7. The van der Waals surface area contributed by atoms with Gasteiger partial charge in [0.05, 0.1) is 12.3 Å². The monoisotopic (exact) mass is 416 g/mol. The van der Waals surface area contributed by atoms with Gasteiger partial charge in [0, 0.05) is 12.2 Å². The summed E-state index contributed by atoms with van der Waals surface area (Å²) >= 11 is 1.54. The lowest BCUT2D eigenvalue weighted by Crippen LogP contribution is -2.30. The summed E-state index contributed by atoms with van der Waals surface area (Å²) in [6.07, 6.45) is 4.68. The van der Waals surface area contributed by atoms with Gasteiger partial charge in [0.1, 0.15) is 5.82 Å². The number of nitrogens with zero attached hydrogens (tertiary/aromatic N) is 8. The molecule has 8 nitrogen and oxygen atoms in total. The van der Waals surface area contributed by atoms with Crippen molar-refractivity contribution in [2.45, 2.75) is 56.6 Å². The van der Waals surface area contributed by atoms with Crippen molar-refractivity contribution < 1.29 is 4.39 Å². The molecule has 10 heteroatoms. The highest BCUT2D eigenvalue weighted by molar-refractivity contribution is 7.98. The zero-order valence-electron chi connectivity index (χ0n) is 16.5. The molecule has 3 aromatic rings. The van der Waals surface area contributed by atoms with E-state index in [9.17, 15) is 4.39 Å². The minimum Gasteiger partial charge on any atom is -0.296 e. The first-order valence-electron chi connectivity index (χ1n) is 10.0. The molecule has 0 spiro atoms. The minimum absolute atomic E-state index is 0.257. The molecule has 0 atom stereocenters. The summed E-state index contributed by atoms with van der Waals surface area (Å²) in [5.41, 5.74) is 0.860. The predicted octanol–water partition coefficient (Wildman–Crippen LogP) is 3.08. The summed E-state index contributed by atoms with van der Waals surface area (Å²) < 4.78 is 17.3. The summed E-state index contributed by atoms with van der Waals surface area (Å²) in [5, 5.41) is 21.6. The largest absolute Gasteiger partial charge is 0.296 e. The fourth-order valence-electron chi connectivity index (χ4n) is 3.50. The van der Waals surface area contributed by atoms with Crippen LogP contribution in [0.25, 0.3) is 5.69 Å². The topological polar surface area (TPSA) is 77.5 Å². The molecular weight excluding hydrogens is 391 g/mol. The van der Waals surface area contributed by atoms with E-state index in [0.29, 0.717) is 5.75 Å². The average molecular weight is 417 g/mol. The molecule has 0 radical (unpaired) electrons. The quantitative estimate of drug-likeness (QED) is 0.522. The summed E-state index contributed by atoms with van der Waals surface area (Å²) in [6.45, 7) is 5.76. The SMILES string of the molecule is CCCn1nnnc1CSc1nnc(CN2CCCCC2)n1-c1ccc(F)cc1. The lowest BCUT2D eigenvalue weighted by molar-refractivity contribution is 0.214. The molecule has 1 aliphatic rings. The Morgan fingerprint density at radius 2 is 1.79 bits per heavy atom. The van der Waals surface area contributed by atoms with Gasteiger partial charge in [-0.05, 0) is 67.0 Å². The zero-order chi connectivity index (χ0) is 20.1. The van der Waals surface area contributed by atoms with Crippen molar-refractivity contribution in [1.29, 1.82) is 0 Å². The molecule has 0 saturated carbocycles. The van der Waals surface area contributed by atoms with E-state index in [4.69, 9.17) is 0 Å². The third kappa shape index (κ3) is 4.81. The van der Waals surface area contributed by atoms with E-state index < -0.39 is 0 Å². The molecular formula is C19H25FN8S. The Hall–Kier alpha value is -2.33. The van der Waals surface area contributed by atoms with Gasteiger partial charge < -0.3 is 0 Å². The minimum atomic E-state index is -0.257. The number of benzene rings is 1. The fourth-order valence-corrected chi connectivity index (χ4v) is 4.41. The second-order valence-electron chi connectivity index (χ2n) is 7.15. The van der Waals surface area contributed by atoms with Crippen molar-refractivity contribution in [3.63, 3.8) is 0 Å². The molecule has 0 bridgehead atoms. The van der Waals surface area contributed by atoms with Gasteiger partial charge in [-0.15, -0.1) is 15.3 Å². The number of rotatable bonds is 8. The Kier molecular flexibility index (Phi) is 6.50. The molecule has 0 amide bonds. The summed E-state index contributed by atoms with van der Waals surface area (Å²) in [6, 6.07) is 6.47. The van der Waals surface area contributed by atoms with E-state index >= 15 is 0 Å². The fraction of sp³-hybridized carbons (Fsp3) is 0.526. The van der Waals surface area contributed by atoms with Crippen LogP contribution in [0.2, 0.25) is 0 Å². The van der Waals surface area contributed by atoms with E-state index in [1.807, 2.05) is 9.25 Å². The van der Waals surface area contributed by atoms with Crippen LogP contribution in [-0.4, -0.2) is 53.0 Å². The Labute approximate surface area is 173 Å². The van der Waals surface area contributed by atoms with Crippen molar-refractivity contribution in [3.8, 4) is 5.69 Å². The number of aryl methyl sites for hydroxylation is 1. The van der Waals surface area contributed by atoms with Gasteiger partial charge in [-0.1, -0.05) is 25.1 Å². The number of likely N-dealkylation sites (tertiary alicyclic amines) is 1. The lowest BCUT2D eigenvalue weighted by Gasteiger charge is -2.26. The van der Waals surface area contributed by atoms with E-state index in [-0.39, 0.29) is 5.82 Å². The lowest BCUT2D eigenvalue weighted by atomic mass is 10.1. The second kappa shape index (κ2) is 9.45. The van der Waals surface area contributed by atoms with Gasteiger partial charge in [-0.25, -0.2) is 9.07 Å². The van der Waals surface area contributed by atoms with Crippen LogP contribution in [0.5, 0.6) is 0 Å². The van der Waals surface area contributed by atoms with Crippen molar-refractivity contribution >= 4 is 11.8 Å².